The van der Waals surface area contributed by atoms with E-state index in [-0.39, 0.29) is 17.2 Å². The number of hydrogen-bond donors (Lipinski definition) is 2. The molecule has 0 fully saturated rings. The molecule has 2 atom stereocenters. The summed E-state index contributed by atoms with van der Waals surface area (Å²) in [6, 6.07) is 14.4. The number of carbonyl (C=O) groups is 1. The van der Waals surface area contributed by atoms with E-state index in [9.17, 15) is 4.79 Å². The number of hydrogen-bond acceptors (Lipinski definition) is 5. The number of nitrogens with one attached hydrogen (secondary N) is 2. The molecule has 4 rings (SSSR count). The first-order chi connectivity index (χ1) is 14.5. The molecule has 1 aromatic heterocycles. The second-order valence-corrected chi connectivity index (χ2v) is 8.80. The predicted octanol–water partition coefficient (Wildman–Crippen LogP) is 4.42. The molecule has 2 aromatic carbocycles. The Morgan fingerprint density at radius 1 is 1.07 bits per heavy atom. The predicted molar refractivity (Wildman–Crippen MR) is 122 cm³/mol. The average molecular weight is 422 g/mol. The molecule has 30 heavy (non-hydrogen) atoms. The lowest BCUT2D eigenvalue weighted by molar-refractivity contribution is -0.116. The number of thioether (sulfide) groups is 1. The Hall–Kier alpha value is -2.80. The van der Waals surface area contributed by atoms with E-state index < -0.39 is 0 Å². The number of rotatable bonds is 5. The Morgan fingerprint density at radius 2 is 1.77 bits per heavy atom. The summed E-state index contributed by atoms with van der Waals surface area (Å²) in [6.07, 6.45) is 1.75. The molecule has 0 spiro atoms. The van der Waals surface area contributed by atoms with Crippen LogP contribution in [0.25, 0.3) is 0 Å². The van der Waals surface area contributed by atoms with Crippen LogP contribution in [-0.2, 0) is 17.6 Å². The lowest BCUT2D eigenvalue weighted by Crippen LogP contribution is -2.41. The molecule has 0 aliphatic carbocycles. The van der Waals surface area contributed by atoms with Crippen LogP contribution in [0, 0.1) is 13.8 Å². The first-order valence-corrected chi connectivity index (χ1v) is 11.2. The second-order valence-electron chi connectivity index (χ2n) is 7.69. The van der Waals surface area contributed by atoms with E-state index in [0.717, 1.165) is 41.0 Å². The topological polar surface area (TPSA) is 71.8 Å². The zero-order valence-electron chi connectivity index (χ0n) is 17.8. The molecule has 0 bridgehead atoms. The molecular formula is C23H27N5OS. The van der Waals surface area contributed by atoms with Crippen LogP contribution in [0.15, 0.2) is 47.6 Å². The molecule has 0 saturated carbocycles. The molecule has 0 radical (unpaired) electrons. The number of anilines is 1. The molecule has 6 nitrogen and oxygen atoms in total. The summed E-state index contributed by atoms with van der Waals surface area (Å²) in [6.45, 7) is 8.26. The van der Waals surface area contributed by atoms with Crippen LogP contribution >= 0.6 is 11.8 Å². The van der Waals surface area contributed by atoms with Gasteiger partial charge >= 0.3 is 0 Å². The number of carbonyl (C=O) groups excluding carboxylic acids is 1. The normalized spacial score (nSPS) is 17.9. The van der Waals surface area contributed by atoms with Gasteiger partial charge in [0.05, 0.1) is 6.04 Å². The summed E-state index contributed by atoms with van der Waals surface area (Å²) in [5, 5.41) is 12.0. The first kappa shape index (κ1) is 20.5. The highest BCUT2D eigenvalue weighted by Crippen LogP contribution is 2.37. The fourth-order valence-corrected chi connectivity index (χ4v) is 4.90. The summed E-state index contributed by atoms with van der Waals surface area (Å²) in [4.78, 5) is 13.4. The Labute approximate surface area is 181 Å². The van der Waals surface area contributed by atoms with E-state index in [1.807, 2.05) is 37.6 Å². The van der Waals surface area contributed by atoms with Gasteiger partial charge in [0.1, 0.15) is 5.25 Å². The summed E-state index contributed by atoms with van der Waals surface area (Å²) in [7, 11) is 0. The Kier molecular flexibility index (Phi) is 5.81. The van der Waals surface area contributed by atoms with E-state index in [1.165, 1.54) is 17.3 Å². The molecule has 1 aliphatic rings. The van der Waals surface area contributed by atoms with E-state index in [0.29, 0.717) is 5.16 Å². The van der Waals surface area contributed by atoms with Crippen molar-refractivity contribution in [3.63, 3.8) is 0 Å². The van der Waals surface area contributed by atoms with Crippen molar-refractivity contribution in [1.29, 1.82) is 0 Å². The minimum atomic E-state index is -0.375. The summed E-state index contributed by atoms with van der Waals surface area (Å²) < 4.78 is 1.92. The molecule has 3 aromatic rings. The Balaban J connectivity index is 1.67. The third-order valence-corrected chi connectivity index (χ3v) is 6.53. The zero-order valence-corrected chi connectivity index (χ0v) is 18.6. The van der Waals surface area contributed by atoms with Crippen LogP contribution < -0.4 is 10.7 Å². The van der Waals surface area contributed by atoms with Gasteiger partial charge in [0.25, 0.3) is 0 Å². The van der Waals surface area contributed by atoms with Gasteiger partial charge < -0.3 is 10.7 Å². The monoisotopic (exact) mass is 421 g/mol. The van der Waals surface area contributed by atoms with E-state index in [1.54, 1.807) is 0 Å². The molecule has 156 valence electrons. The van der Waals surface area contributed by atoms with Crippen LogP contribution in [-0.4, -0.2) is 26.0 Å². The van der Waals surface area contributed by atoms with Gasteiger partial charge in [-0.05, 0) is 54.7 Å². The van der Waals surface area contributed by atoms with Crippen molar-refractivity contribution in [3.8, 4) is 0 Å². The number of fused-ring (bicyclic) bond motifs is 1. The van der Waals surface area contributed by atoms with E-state index in [2.05, 4.69) is 58.2 Å². The standard InChI is InChI=1S/C23H27N5OS/c1-5-16-7-9-17(10-8-16)20-21(30-23-26-25-19(6-2)28(23)27-20)22(29)24-18-12-14(3)11-15(4)13-18/h7-13,20-21,27H,5-6H2,1-4H3,(H,24,29)/t20-,21+/m1/s1. The van der Waals surface area contributed by atoms with Crippen LogP contribution in [0.3, 0.4) is 0 Å². The maximum atomic E-state index is 13.4. The number of aromatic nitrogens is 3. The molecule has 0 unspecified atom stereocenters. The van der Waals surface area contributed by atoms with Crippen molar-refractivity contribution in [3.05, 3.63) is 70.5 Å². The highest BCUT2D eigenvalue weighted by Gasteiger charge is 2.37. The van der Waals surface area contributed by atoms with E-state index in [4.69, 9.17) is 0 Å². The maximum Gasteiger partial charge on any atom is 0.240 e. The zero-order chi connectivity index (χ0) is 21.3. The lowest BCUT2D eigenvalue weighted by Gasteiger charge is -2.33. The minimum Gasteiger partial charge on any atom is -0.325 e. The fourth-order valence-electron chi connectivity index (χ4n) is 3.80. The molecule has 2 N–H and O–H groups in total. The average Bonchev–Trinajstić information content (AvgIpc) is 3.14. The van der Waals surface area contributed by atoms with Gasteiger partial charge in [-0.2, -0.15) is 0 Å². The largest absolute Gasteiger partial charge is 0.325 e. The summed E-state index contributed by atoms with van der Waals surface area (Å²) in [5.41, 5.74) is 8.91. The Morgan fingerprint density at radius 3 is 2.40 bits per heavy atom. The van der Waals surface area contributed by atoms with E-state index >= 15 is 0 Å². The van der Waals surface area contributed by atoms with Crippen molar-refractivity contribution >= 4 is 23.4 Å². The van der Waals surface area contributed by atoms with Crippen LogP contribution in [0.4, 0.5) is 5.69 Å². The van der Waals surface area contributed by atoms with Crippen molar-refractivity contribution in [2.24, 2.45) is 0 Å². The third kappa shape index (κ3) is 4.07. The molecular weight excluding hydrogens is 394 g/mol. The molecule has 0 saturated heterocycles. The van der Waals surface area contributed by atoms with Crippen molar-refractivity contribution < 1.29 is 4.79 Å². The maximum absolute atomic E-state index is 13.4. The van der Waals surface area contributed by atoms with Gasteiger partial charge in [0, 0.05) is 12.1 Å². The van der Waals surface area contributed by atoms with Crippen LogP contribution in [0.5, 0.6) is 0 Å². The number of benzene rings is 2. The van der Waals surface area contributed by atoms with Crippen molar-refractivity contribution in [1.82, 2.24) is 14.9 Å². The van der Waals surface area contributed by atoms with Crippen LogP contribution in [0.2, 0.25) is 0 Å². The van der Waals surface area contributed by atoms with Gasteiger partial charge in [-0.15, -0.1) is 10.2 Å². The summed E-state index contributed by atoms with van der Waals surface area (Å²) in [5.74, 6) is 0.815. The molecule has 2 heterocycles. The van der Waals surface area contributed by atoms with Crippen molar-refractivity contribution in [2.75, 3.05) is 10.7 Å². The number of aryl methyl sites for hydroxylation is 4. The van der Waals surface area contributed by atoms with Gasteiger partial charge in [-0.25, -0.2) is 4.68 Å². The molecule has 1 aliphatic heterocycles. The summed E-state index contributed by atoms with van der Waals surface area (Å²) >= 11 is 1.46. The third-order valence-electron chi connectivity index (χ3n) is 5.31. The van der Waals surface area contributed by atoms with Gasteiger partial charge in [0.15, 0.2) is 5.82 Å². The van der Waals surface area contributed by atoms with Crippen LogP contribution in [0.1, 0.15) is 48.0 Å². The van der Waals surface area contributed by atoms with Crippen molar-refractivity contribution in [2.45, 2.75) is 57.0 Å². The van der Waals surface area contributed by atoms with Gasteiger partial charge in [-0.3, -0.25) is 4.79 Å². The van der Waals surface area contributed by atoms with Gasteiger partial charge in [-0.1, -0.05) is 55.9 Å². The molecule has 1 amide bonds. The molecule has 7 heteroatoms. The highest BCUT2D eigenvalue weighted by molar-refractivity contribution is 8.00. The highest BCUT2D eigenvalue weighted by atomic mass is 32.2. The smallest absolute Gasteiger partial charge is 0.240 e. The quantitative estimate of drug-likeness (QED) is 0.638. The van der Waals surface area contributed by atoms with Gasteiger partial charge in [0.2, 0.25) is 11.1 Å². The first-order valence-electron chi connectivity index (χ1n) is 10.3. The second kappa shape index (κ2) is 8.52. The SMILES string of the molecule is CCc1ccc([C@H]2Nn3c(CC)nnc3S[C@@H]2C(=O)Nc2cc(C)cc(C)c2)cc1. The lowest BCUT2D eigenvalue weighted by atomic mass is 10.0. The Bertz CT molecular complexity index is 1040. The number of amides is 1. The fraction of sp³-hybridized carbons (Fsp3) is 0.348. The minimum absolute atomic E-state index is 0.0469. The number of nitrogens with zero attached hydrogens (tertiary/aromatic N) is 3.